The molecular weight excluding hydrogens is 276 g/mol. The number of aromatic nitrogens is 2. The summed E-state index contributed by atoms with van der Waals surface area (Å²) in [5.41, 5.74) is 0.668. The maximum Gasteiger partial charge on any atom is 0.249 e. The van der Waals surface area contributed by atoms with Crippen molar-refractivity contribution in [3.05, 3.63) is 54.4 Å². The molecule has 116 valence electrons. The van der Waals surface area contributed by atoms with Crippen molar-refractivity contribution < 1.29 is 4.79 Å². The zero-order chi connectivity index (χ0) is 15.4. The topological polar surface area (TPSA) is 50.2 Å². The highest BCUT2D eigenvalue weighted by atomic mass is 16.2. The molecule has 1 unspecified atom stereocenters. The molecule has 1 atom stereocenters. The first kappa shape index (κ1) is 14.8. The van der Waals surface area contributed by atoms with Crippen LogP contribution in [-0.2, 0) is 16.9 Å². The molecule has 1 N–H and O–H groups in total. The molecule has 0 bridgehead atoms. The van der Waals surface area contributed by atoms with Gasteiger partial charge in [0.2, 0.25) is 5.91 Å². The highest BCUT2D eigenvalue weighted by Gasteiger charge is 2.43. The Morgan fingerprint density at radius 2 is 2.14 bits per heavy atom. The van der Waals surface area contributed by atoms with Gasteiger partial charge >= 0.3 is 0 Å². The summed E-state index contributed by atoms with van der Waals surface area (Å²) in [6.45, 7) is 2.55. The molecule has 1 saturated heterocycles. The summed E-state index contributed by atoms with van der Waals surface area (Å²) in [6.07, 6.45) is 5.43. The lowest BCUT2D eigenvalue weighted by molar-refractivity contribution is -0.133. The van der Waals surface area contributed by atoms with Gasteiger partial charge in [-0.1, -0.05) is 30.3 Å². The fraction of sp³-hybridized carbons (Fsp3) is 0.412. The third-order valence-corrected chi connectivity index (χ3v) is 4.39. The van der Waals surface area contributed by atoms with Crippen LogP contribution in [-0.4, -0.2) is 40.7 Å². The van der Waals surface area contributed by atoms with Crippen molar-refractivity contribution in [1.82, 2.24) is 20.0 Å². The van der Waals surface area contributed by atoms with Gasteiger partial charge in [-0.15, -0.1) is 0 Å². The van der Waals surface area contributed by atoms with Crippen molar-refractivity contribution in [2.24, 2.45) is 0 Å². The van der Waals surface area contributed by atoms with Crippen molar-refractivity contribution in [2.45, 2.75) is 24.9 Å². The SMILES string of the molecule is CNC(=O)C1(n2cccn2)CCCN(Cc2ccccc2)C1. The van der Waals surface area contributed by atoms with Gasteiger partial charge in [0.05, 0.1) is 0 Å². The van der Waals surface area contributed by atoms with Gasteiger partial charge < -0.3 is 5.32 Å². The van der Waals surface area contributed by atoms with Crippen LogP contribution in [0.1, 0.15) is 18.4 Å². The van der Waals surface area contributed by atoms with Crippen LogP contribution in [0.4, 0.5) is 0 Å². The molecule has 0 saturated carbocycles. The molecule has 1 aliphatic rings. The van der Waals surface area contributed by atoms with Crippen molar-refractivity contribution in [2.75, 3.05) is 20.1 Å². The van der Waals surface area contributed by atoms with E-state index in [1.807, 2.05) is 23.0 Å². The number of hydrogen-bond donors (Lipinski definition) is 1. The number of rotatable bonds is 4. The Kier molecular flexibility index (Phi) is 4.24. The molecule has 1 fully saturated rings. The van der Waals surface area contributed by atoms with Crippen LogP contribution in [0.15, 0.2) is 48.8 Å². The Labute approximate surface area is 130 Å². The van der Waals surface area contributed by atoms with Crippen LogP contribution in [0.25, 0.3) is 0 Å². The Bertz CT molecular complexity index is 611. The number of hydrogen-bond acceptors (Lipinski definition) is 3. The summed E-state index contributed by atoms with van der Waals surface area (Å²) >= 11 is 0. The third-order valence-electron chi connectivity index (χ3n) is 4.39. The number of benzene rings is 1. The zero-order valence-corrected chi connectivity index (χ0v) is 12.9. The van der Waals surface area contributed by atoms with E-state index < -0.39 is 5.54 Å². The van der Waals surface area contributed by atoms with Crippen LogP contribution >= 0.6 is 0 Å². The Hall–Kier alpha value is -2.14. The summed E-state index contributed by atoms with van der Waals surface area (Å²) in [6, 6.07) is 12.3. The highest BCUT2D eigenvalue weighted by molar-refractivity contribution is 5.84. The number of amides is 1. The zero-order valence-electron chi connectivity index (χ0n) is 12.9. The van der Waals surface area contributed by atoms with Crippen molar-refractivity contribution in [3.8, 4) is 0 Å². The Morgan fingerprint density at radius 3 is 2.82 bits per heavy atom. The molecule has 22 heavy (non-hydrogen) atoms. The second-order valence-corrected chi connectivity index (χ2v) is 5.86. The minimum absolute atomic E-state index is 0.0361. The molecule has 1 aromatic heterocycles. The van der Waals surface area contributed by atoms with E-state index in [1.54, 1.807) is 13.2 Å². The maximum atomic E-state index is 12.6. The molecule has 5 nitrogen and oxygen atoms in total. The Morgan fingerprint density at radius 1 is 1.32 bits per heavy atom. The predicted molar refractivity (Wildman–Crippen MR) is 85.2 cm³/mol. The number of likely N-dealkylation sites (N-methyl/N-ethyl adjacent to an activating group) is 1. The molecule has 5 heteroatoms. The fourth-order valence-electron chi connectivity index (χ4n) is 3.33. The van der Waals surface area contributed by atoms with E-state index >= 15 is 0 Å². The highest BCUT2D eigenvalue weighted by Crippen LogP contribution is 2.29. The largest absolute Gasteiger partial charge is 0.357 e. The molecule has 1 aromatic carbocycles. The van der Waals surface area contributed by atoms with Gasteiger partial charge in [0.15, 0.2) is 5.54 Å². The molecule has 0 radical (unpaired) electrons. The number of nitrogens with zero attached hydrogens (tertiary/aromatic N) is 3. The molecule has 2 aromatic rings. The van der Waals surface area contributed by atoms with Crippen molar-refractivity contribution >= 4 is 5.91 Å². The van der Waals surface area contributed by atoms with Gasteiger partial charge in [-0.2, -0.15) is 5.10 Å². The second-order valence-electron chi connectivity index (χ2n) is 5.86. The van der Waals surface area contributed by atoms with Crippen molar-refractivity contribution in [1.29, 1.82) is 0 Å². The van der Waals surface area contributed by atoms with Gasteiger partial charge in [0.25, 0.3) is 0 Å². The molecule has 0 spiro atoms. The number of nitrogens with one attached hydrogen (secondary N) is 1. The summed E-state index contributed by atoms with van der Waals surface area (Å²) < 4.78 is 1.82. The van der Waals surface area contributed by atoms with Gasteiger partial charge in [-0.05, 0) is 31.0 Å². The maximum absolute atomic E-state index is 12.6. The molecule has 1 amide bonds. The number of carbonyl (C=O) groups is 1. The average molecular weight is 298 g/mol. The molecular formula is C17H22N4O. The van der Waals surface area contributed by atoms with Crippen molar-refractivity contribution in [3.63, 3.8) is 0 Å². The summed E-state index contributed by atoms with van der Waals surface area (Å²) in [7, 11) is 1.70. The van der Waals surface area contributed by atoms with Gasteiger partial charge in [0.1, 0.15) is 0 Å². The second kappa shape index (κ2) is 6.32. The van der Waals surface area contributed by atoms with E-state index in [4.69, 9.17) is 0 Å². The lowest BCUT2D eigenvalue weighted by Gasteiger charge is -2.41. The van der Waals surface area contributed by atoms with E-state index in [1.165, 1.54) is 5.56 Å². The minimum Gasteiger partial charge on any atom is -0.357 e. The van der Waals surface area contributed by atoms with Gasteiger partial charge in [0, 0.05) is 32.5 Å². The first-order valence-electron chi connectivity index (χ1n) is 7.73. The molecule has 2 heterocycles. The molecule has 0 aliphatic carbocycles. The number of likely N-dealkylation sites (tertiary alicyclic amines) is 1. The summed E-state index contributed by atoms with van der Waals surface area (Å²) in [4.78, 5) is 14.9. The number of piperidine rings is 1. The smallest absolute Gasteiger partial charge is 0.249 e. The summed E-state index contributed by atoms with van der Waals surface area (Å²) in [5, 5.41) is 7.17. The lowest BCUT2D eigenvalue weighted by atomic mass is 9.87. The summed E-state index contributed by atoms with van der Waals surface area (Å²) in [5.74, 6) is 0.0361. The van der Waals surface area contributed by atoms with Crippen LogP contribution in [0.2, 0.25) is 0 Å². The average Bonchev–Trinajstić information content (AvgIpc) is 3.10. The Balaban J connectivity index is 1.84. The molecule has 1 aliphatic heterocycles. The lowest BCUT2D eigenvalue weighted by Crippen LogP contribution is -2.57. The minimum atomic E-state index is -0.606. The van der Waals surface area contributed by atoms with Crippen LogP contribution in [0, 0.1) is 0 Å². The monoisotopic (exact) mass is 298 g/mol. The van der Waals surface area contributed by atoms with Gasteiger partial charge in [-0.25, -0.2) is 0 Å². The van der Waals surface area contributed by atoms with E-state index in [0.29, 0.717) is 6.54 Å². The van der Waals surface area contributed by atoms with E-state index in [9.17, 15) is 4.79 Å². The van der Waals surface area contributed by atoms with Crippen LogP contribution in [0.5, 0.6) is 0 Å². The third kappa shape index (κ3) is 2.76. The van der Waals surface area contributed by atoms with E-state index in [-0.39, 0.29) is 5.91 Å². The standard InChI is InChI=1S/C17H22N4O/c1-18-16(22)17(21-12-6-10-19-21)9-5-11-20(14-17)13-15-7-3-2-4-8-15/h2-4,6-8,10,12H,5,9,11,13-14H2,1H3,(H,18,22). The normalized spacial score (nSPS) is 22.4. The molecule has 3 rings (SSSR count). The first-order valence-corrected chi connectivity index (χ1v) is 7.73. The van der Waals surface area contributed by atoms with Crippen LogP contribution < -0.4 is 5.32 Å². The van der Waals surface area contributed by atoms with E-state index in [0.717, 1.165) is 25.9 Å². The van der Waals surface area contributed by atoms with Crippen LogP contribution in [0.3, 0.4) is 0 Å². The quantitative estimate of drug-likeness (QED) is 0.933. The first-order chi connectivity index (χ1) is 10.7. The van der Waals surface area contributed by atoms with E-state index in [2.05, 4.69) is 39.6 Å². The number of carbonyl (C=O) groups excluding carboxylic acids is 1. The fourth-order valence-corrected chi connectivity index (χ4v) is 3.33. The van der Waals surface area contributed by atoms with Gasteiger partial charge in [-0.3, -0.25) is 14.4 Å². The predicted octanol–water partition coefficient (Wildman–Crippen LogP) is 1.62.